The summed E-state index contributed by atoms with van der Waals surface area (Å²) < 4.78 is 0. The third-order valence-electron chi connectivity index (χ3n) is 3.04. The Hall–Kier alpha value is -0.750. The SMILES string of the molecule is CCC1=Cc2cccc(Cl)c2C1CC. The molecule has 0 spiro atoms. The van der Waals surface area contributed by atoms with Crippen LogP contribution in [0.25, 0.3) is 6.08 Å². The molecule has 1 unspecified atom stereocenters. The molecule has 2 rings (SSSR count). The summed E-state index contributed by atoms with van der Waals surface area (Å²) in [6.07, 6.45) is 4.58. The van der Waals surface area contributed by atoms with E-state index in [-0.39, 0.29) is 0 Å². The Labute approximate surface area is 90.6 Å². The maximum atomic E-state index is 6.23. The van der Waals surface area contributed by atoms with Crippen molar-refractivity contribution in [2.45, 2.75) is 32.6 Å². The number of fused-ring (bicyclic) bond motifs is 1. The molecule has 0 nitrogen and oxygen atoms in total. The molecule has 1 aromatic carbocycles. The summed E-state index contributed by atoms with van der Waals surface area (Å²) in [6.45, 7) is 4.45. The summed E-state index contributed by atoms with van der Waals surface area (Å²) in [7, 11) is 0. The molecule has 0 aliphatic heterocycles. The fourth-order valence-electron chi connectivity index (χ4n) is 2.35. The highest BCUT2D eigenvalue weighted by Crippen LogP contribution is 2.43. The van der Waals surface area contributed by atoms with E-state index in [1.165, 1.54) is 16.7 Å². The average Bonchev–Trinajstić information content (AvgIpc) is 2.56. The van der Waals surface area contributed by atoms with Crippen LogP contribution in [0, 0.1) is 0 Å². The van der Waals surface area contributed by atoms with Gasteiger partial charge in [-0.15, -0.1) is 0 Å². The second-order valence-corrected chi connectivity index (χ2v) is 4.18. The Bertz CT molecular complexity index is 377. The van der Waals surface area contributed by atoms with Gasteiger partial charge < -0.3 is 0 Å². The maximum absolute atomic E-state index is 6.23. The largest absolute Gasteiger partial charge is 0.0840 e. The summed E-state index contributed by atoms with van der Waals surface area (Å²) in [6, 6.07) is 6.19. The van der Waals surface area contributed by atoms with E-state index in [4.69, 9.17) is 11.6 Å². The fourth-order valence-corrected chi connectivity index (χ4v) is 2.66. The molecule has 0 amide bonds. The second kappa shape index (κ2) is 3.78. The highest BCUT2D eigenvalue weighted by atomic mass is 35.5. The van der Waals surface area contributed by atoms with Gasteiger partial charge >= 0.3 is 0 Å². The van der Waals surface area contributed by atoms with Crippen molar-refractivity contribution in [2.24, 2.45) is 0 Å². The van der Waals surface area contributed by atoms with Gasteiger partial charge in [0.2, 0.25) is 0 Å². The summed E-state index contributed by atoms with van der Waals surface area (Å²) in [5.41, 5.74) is 4.19. The lowest BCUT2D eigenvalue weighted by Crippen LogP contribution is -1.97. The molecule has 0 aromatic heterocycles. The highest BCUT2D eigenvalue weighted by Gasteiger charge is 2.24. The van der Waals surface area contributed by atoms with E-state index in [1.807, 2.05) is 12.1 Å². The van der Waals surface area contributed by atoms with Crippen LogP contribution in [0.3, 0.4) is 0 Å². The van der Waals surface area contributed by atoms with Crippen molar-refractivity contribution in [1.82, 2.24) is 0 Å². The number of hydrogen-bond acceptors (Lipinski definition) is 0. The van der Waals surface area contributed by atoms with Crippen molar-refractivity contribution in [3.63, 3.8) is 0 Å². The molecular formula is C13H15Cl. The number of benzene rings is 1. The van der Waals surface area contributed by atoms with Crippen LogP contribution >= 0.6 is 11.6 Å². The van der Waals surface area contributed by atoms with Crippen LogP contribution in [-0.2, 0) is 0 Å². The normalized spacial score (nSPS) is 19.4. The molecular weight excluding hydrogens is 192 g/mol. The van der Waals surface area contributed by atoms with E-state index in [1.54, 1.807) is 0 Å². The van der Waals surface area contributed by atoms with Crippen LogP contribution in [-0.4, -0.2) is 0 Å². The smallest absolute Gasteiger partial charge is 0.0450 e. The molecule has 1 aromatic rings. The second-order valence-electron chi connectivity index (χ2n) is 3.78. The molecule has 0 saturated carbocycles. The van der Waals surface area contributed by atoms with Gasteiger partial charge in [0.15, 0.2) is 0 Å². The predicted octanol–water partition coefficient (Wildman–Crippen LogP) is 4.64. The van der Waals surface area contributed by atoms with Gasteiger partial charge in [0.05, 0.1) is 0 Å². The number of allylic oxidation sites excluding steroid dienone is 1. The molecule has 0 fully saturated rings. The quantitative estimate of drug-likeness (QED) is 0.661. The number of hydrogen-bond donors (Lipinski definition) is 0. The topological polar surface area (TPSA) is 0 Å². The van der Waals surface area contributed by atoms with E-state index >= 15 is 0 Å². The number of halogens is 1. The minimum Gasteiger partial charge on any atom is -0.0840 e. The van der Waals surface area contributed by atoms with Crippen LogP contribution in [0.4, 0.5) is 0 Å². The first-order chi connectivity index (χ1) is 6.77. The molecule has 14 heavy (non-hydrogen) atoms. The molecule has 1 aliphatic rings. The van der Waals surface area contributed by atoms with Crippen molar-refractivity contribution >= 4 is 17.7 Å². The monoisotopic (exact) mass is 206 g/mol. The van der Waals surface area contributed by atoms with E-state index in [2.05, 4.69) is 26.0 Å². The van der Waals surface area contributed by atoms with Gasteiger partial charge in [0.25, 0.3) is 0 Å². The Morgan fingerprint density at radius 3 is 2.71 bits per heavy atom. The zero-order chi connectivity index (χ0) is 10.1. The Balaban J connectivity index is 2.52. The Kier molecular flexibility index (Phi) is 2.64. The van der Waals surface area contributed by atoms with Gasteiger partial charge in [0, 0.05) is 10.9 Å². The Morgan fingerprint density at radius 2 is 2.07 bits per heavy atom. The maximum Gasteiger partial charge on any atom is 0.0450 e. The van der Waals surface area contributed by atoms with E-state index < -0.39 is 0 Å². The van der Waals surface area contributed by atoms with Crippen LogP contribution in [0.2, 0.25) is 5.02 Å². The molecule has 0 saturated heterocycles. The van der Waals surface area contributed by atoms with Crippen LogP contribution in [0.1, 0.15) is 43.7 Å². The predicted molar refractivity (Wildman–Crippen MR) is 62.8 cm³/mol. The van der Waals surface area contributed by atoms with Gasteiger partial charge in [-0.05, 0) is 30.0 Å². The molecule has 1 atom stereocenters. The summed E-state index contributed by atoms with van der Waals surface area (Å²) >= 11 is 6.23. The van der Waals surface area contributed by atoms with E-state index in [9.17, 15) is 0 Å². The van der Waals surface area contributed by atoms with Gasteiger partial charge in [-0.1, -0.05) is 49.2 Å². The van der Waals surface area contributed by atoms with Gasteiger partial charge in [-0.3, -0.25) is 0 Å². The van der Waals surface area contributed by atoms with Gasteiger partial charge in [0.1, 0.15) is 0 Å². The van der Waals surface area contributed by atoms with Crippen molar-refractivity contribution in [1.29, 1.82) is 0 Å². The minimum absolute atomic E-state index is 0.559. The molecule has 0 bridgehead atoms. The average molecular weight is 207 g/mol. The molecule has 0 radical (unpaired) electrons. The molecule has 1 aliphatic carbocycles. The zero-order valence-electron chi connectivity index (χ0n) is 8.68. The first kappa shape index (κ1) is 9.79. The first-order valence-corrected chi connectivity index (χ1v) is 5.64. The first-order valence-electron chi connectivity index (χ1n) is 5.26. The van der Waals surface area contributed by atoms with E-state index in [0.717, 1.165) is 17.9 Å². The lowest BCUT2D eigenvalue weighted by molar-refractivity contribution is 0.748. The van der Waals surface area contributed by atoms with E-state index in [0.29, 0.717) is 5.92 Å². The molecule has 1 heteroatoms. The zero-order valence-corrected chi connectivity index (χ0v) is 9.43. The van der Waals surface area contributed by atoms with Crippen LogP contribution in [0.5, 0.6) is 0 Å². The number of rotatable bonds is 2. The van der Waals surface area contributed by atoms with Gasteiger partial charge in [-0.25, -0.2) is 0 Å². The van der Waals surface area contributed by atoms with Crippen molar-refractivity contribution in [3.05, 3.63) is 39.9 Å². The summed E-state index contributed by atoms with van der Waals surface area (Å²) in [4.78, 5) is 0. The summed E-state index contributed by atoms with van der Waals surface area (Å²) in [5, 5.41) is 0.925. The summed E-state index contributed by atoms with van der Waals surface area (Å²) in [5.74, 6) is 0.559. The van der Waals surface area contributed by atoms with Gasteiger partial charge in [-0.2, -0.15) is 0 Å². The minimum atomic E-state index is 0.559. The lowest BCUT2D eigenvalue weighted by atomic mass is 9.92. The standard InChI is InChI=1S/C13H15Cl/c1-3-9-8-10-6-5-7-12(14)13(10)11(9)4-2/h5-8,11H,3-4H2,1-2H3. The van der Waals surface area contributed by atoms with Crippen molar-refractivity contribution < 1.29 is 0 Å². The lowest BCUT2D eigenvalue weighted by Gasteiger charge is -2.14. The third kappa shape index (κ3) is 1.38. The Morgan fingerprint density at radius 1 is 1.29 bits per heavy atom. The molecule has 74 valence electrons. The molecule has 0 N–H and O–H groups in total. The van der Waals surface area contributed by atoms with Crippen LogP contribution in [0.15, 0.2) is 23.8 Å². The molecule has 0 heterocycles. The third-order valence-corrected chi connectivity index (χ3v) is 3.37. The fraction of sp³-hybridized carbons (Fsp3) is 0.385. The highest BCUT2D eigenvalue weighted by molar-refractivity contribution is 6.31. The van der Waals surface area contributed by atoms with Crippen molar-refractivity contribution in [3.8, 4) is 0 Å². The van der Waals surface area contributed by atoms with Crippen LogP contribution < -0.4 is 0 Å². The van der Waals surface area contributed by atoms with Crippen molar-refractivity contribution in [2.75, 3.05) is 0 Å².